The summed E-state index contributed by atoms with van der Waals surface area (Å²) in [4.78, 5) is 18.8. The Bertz CT molecular complexity index is 895. The highest BCUT2D eigenvalue weighted by Gasteiger charge is 2.10. The van der Waals surface area contributed by atoms with E-state index in [0.717, 1.165) is 10.5 Å². The lowest BCUT2D eigenvalue weighted by atomic mass is 10.2. The van der Waals surface area contributed by atoms with Gasteiger partial charge in [0.25, 0.3) is 0 Å². The van der Waals surface area contributed by atoms with Gasteiger partial charge in [0.15, 0.2) is 0 Å². The lowest BCUT2D eigenvalue weighted by Gasteiger charge is -2.14. The topological polar surface area (TPSA) is 69.0 Å². The predicted molar refractivity (Wildman–Crippen MR) is 100 cm³/mol. The number of carbonyl (C=O) groups excluding carboxylic acids is 1. The first-order valence-electron chi connectivity index (χ1n) is 7.97. The predicted octanol–water partition coefficient (Wildman–Crippen LogP) is 3.63. The van der Waals surface area contributed by atoms with E-state index in [1.54, 1.807) is 35.6 Å². The van der Waals surface area contributed by atoms with Gasteiger partial charge in [0.05, 0.1) is 28.0 Å². The maximum absolute atomic E-state index is 12.1. The molecule has 0 aliphatic rings. The van der Waals surface area contributed by atoms with E-state index in [0.29, 0.717) is 30.8 Å². The molecule has 0 atom stereocenters. The molecule has 1 heterocycles. The summed E-state index contributed by atoms with van der Waals surface area (Å²) in [7, 11) is 1.97. The van der Waals surface area contributed by atoms with Gasteiger partial charge in [-0.05, 0) is 31.3 Å². The van der Waals surface area contributed by atoms with Gasteiger partial charge < -0.3 is 5.32 Å². The zero-order valence-corrected chi connectivity index (χ0v) is 14.7. The second-order valence-corrected chi connectivity index (χ2v) is 6.88. The molecule has 0 bridgehead atoms. The average molecular weight is 350 g/mol. The normalized spacial score (nSPS) is 10.8. The molecular formula is C19H18N4OS. The van der Waals surface area contributed by atoms with Crippen molar-refractivity contribution in [3.8, 4) is 6.07 Å². The van der Waals surface area contributed by atoms with Crippen LogP contribution >= 0.6 is 11.3 Å². The Labute approximate surface area is 150 Å². The van der Waals surface area contributed by atoms with Crippen LogP contribution in [-0.2, 0) is 11.3 Å². The quantitative estimate of drug-likeness (QED) is 0.737. The van der Waals surface area contributed by atoms with Crippen LogP contribution in [0.1, 0.15) is 17.0 Å². The van der Waals surface area contributed by atoms with Gasteiger partial charge in [-0.1, -0.05) is 24.3 Å². The molecule has 0 fully saturated rings. The number of anilines is 1. The van der Waals surface area contributed by atoms with E-state index in [9.17, 15) is 4.79 Å². The number of thiazole rings is 1. The Morgan fingerprint density at radius 2 is 2.00 bits per heavy atom. The van der Waals surface area contributed by atoms with Crippen LogP contribution in [-0.4, -0.2) is 29.4 Å². The zero-order chi connectivity index (χ0) is 17.6. The minimum atomic E-state index is -0.0983. The van der Waals surface area contributed by atoms with Gasteiger partial charge in [-0.3, -0.25) is 9.69 Å². The molecule has 0 unspecified atom stereocenters. The molecule has 0 spiro atoms. The molecule has 1 amide bonds. The third kappa shape index (κ3) is 4.41. The largest absolute Gasteiger partial charge is 0.325 e. The van der Waals surface area contributed by atoms with Crippen molar-refractivity contribution in [1.82, 2.24) is 9.88 Å². The molecular weight excluding hydrogens is 332 g/mol. The number of nitrogens with one attached hydrogen (secondary N) is 1. The highest BCUT2D eigenvalue weighted by molar-refractivity contribution is 7.18. The van der Waals surface area contributed by atoms with Crippen molar-refractivity contribution in [1.29, 1.82) is 5.26 Å². The van der Waals surface area contributed by atoms with Gasteiger partial charge in [0.1, 0.15) is 11.1 Å². The number of nitrogens with zero attached hydrogens (tertiary/aromatic N) is 3. The Morgan fingerprint density at radius 3 is 2.80 bits per heavy atom. The van der Waals surface area contributed by atoms with Crippen LogP contribution in [0.5, 0.6) is 0 Å². The van der Waals surface area contributed by atoms with Crippen molar-refractivity contribution in [3.05, 3.63) is 59.1 Å². The van der Waals surface area contributed by atoms with Crippen LogP contribution < -0.4 is 5.32 Å². The maximum atomic E-state index is 12.1. The number of nitriles is 1. The fourth-order valence-corrected chi connectivity index (χ4v) is 3.54. The smallest absolute Gasteiger partial charge is 0.225 e. The molecule has 0 saturated carbocycles. The molecule has 0 aliphatic heterocycles. The summed E-state index contributed by atoms with van der Waals surface area (Å²) in [5.74, 6) is -0.0983. The lowest BCUT2D eigenvalue weighted by molar-refractivity contribution is -0.116. The SMILES string of the molecule is CN(CCC(=O)Nc1ccccc1C#N)Cc1nc2ccccc2s1. The second-order valence-electron chi connectivity index (χ2n) is 5.77. The van der Waals surface area contributed by atoms with E-state index >= 15 is 0 Å². The summed E-state index contributed by atoms with van der Waals surface area (Å²) in [6.07, 6.45) is 0.362. The molecule has 2 aromatic carbocycles. The van der Waals surface area contributed by atoms with Crippen molar-refractivity contribution in [2.75, 3.05) is 18.9 Å². The Hall–Kier alpha value is -2.75. The van der Waals surface area contributed by atoms with Gasteiger partial charge >= 0.3 is 0 Å². The van der Waals surface area contributed by atoms with Crippen molar-refractivity contribution >= 4 is 33.1 Å². The summed E-state index contributed by atoms with van der Waals surface area (Å²) >= 11 is 1.68. The van der Waals surface area contributed by atoms with Crippen LogP contribution in [0.3, 0.4) is 0 Å². The summed E-state index contributed by atoms with van der Waals surface area (Å²) < 4.78 is 1.18. The Balaban J connectivity index is 1.52. The molecule has 1 N–H and O–H groups in total. The van der Waals surface area contributed by atoms with E-state index in [1.165, 1.54) is 4.70 Å². The van der Waals surface area contributed by atoms with E-state index in [-0.39, 0.29) is 5.91 Å². The van der Waals surface area contributed by atoms with E-state index < -0.39 is 0 Å². The molecule has 0 saturated heterocycles. The van der Waals surface area contributed by atoms with Crippen molar-refractivity contribution in [3.63, 3.8) is 0 Å². The third-order valence-electron chi connectivity index (χ3n) is 3.79. The van der Waals surface area contributed by atoms with Crippen LogP contribution in [0, 0.1) is 11.3 Å². The zero-order valence-electron chi connectivity index (χ0n) is 13.9. The number of hydrogen-bond acceptors (Lipinski definition) is 5. The molecule has 25 heavy (non-hydrogen) atoms. The molecule has 3 rings (SSSR count). The number of fused-ring (bicyclic) bond motifs is 1. The highest BCUT2D eigenvalue weighted by atomic mass is 32.1. The van der Waals surface area contributed by atoms with E-state index in [2.05, 4.69) is 27.3 Å². The fraction of sp³-hybridized carbons (Fsp3) is 0.211. The minimum Gasteiger partial charge on any atom is -0.325 e. The molecule has 6 heteroatoms. The standard InChI is InChI=1S/C19H18N4OS/c1-23(13-19-22-16-8-4-5-9-17(16)25-19)11-10-18(24)21-15-7-3-2-6-14(15)12-20/h2-9H,10-11,13H2,1H3,(H,21,24). The van der Waals surface area contributed by atoms with E-state index in [1.807, 2.05) is 25.2 Å². The van der Waals surface area contributed by atoms with Crippen LogP contribution in [0.15, 0.2) is 48.5 Å². The molecule has 5 nitrogen and oxygen atoms in total. The summed E-state index contributed by atoms with van der Waals surface area (Å²) in [6.45, 7) is 1.33. The number of rotatable bonds is 6. The van der Waals surface area contributed by atoms with Gasteiger partial charge in [-0.2, -0.15) is 5.26 Å². The average Bonchev–Trinajstić information content (AvgIpc) is 3.02. The molecule has 0 aliphatic carbocycles. The molecule has 1 aromatic heterocycles. The molecule has 0 radical (unpaired) electrons. The van der Waals surface area contributed by atoms with Gasteiger partial charge in [0, 0.05) is 13.0 Å². The van der Waals surface area contributed by atoms with Gasteiger partial charge in [0.2, 0.25) is 5.91 Å². The number of amides is 1. The Morgan fingerprint density at radius 1 is 1.24 bits per heavy atom. The summed E-state index contributed by atoms with van der Waals surface area (Å²) in [6, 6.07) is 17.2. The second kappa shape index (κ2) is 7.88. The van der Waals surface area contributed by atoms with Crippen LogP contribution in [0.25, 0.3) is 10.2 Å². The number of hydrogen-bond donors (Lipinski definition) is 1. The van der Waals surface area contributed by atoms with E-state index in [4.69, 9.17) is 5.26 Å². The van der Waals surface area contributed by atoms with Gasteiger partial charge in [-0.15, -0.1) is 11.3 Å². The summed E-state index contributed by atoms with van der Waals surface area (Å²) in [5, 5.41) is 12.9. The minimum absolute atomic E-state index is 0.0983. The van der Waals surface area contributed by atoms with Crippen molar-refractivity contribution in [2.24, 2.45) is 0 Å². The number of carbonyl (C=O) groups is 1. The van der Waals surface area contributed by atoms with Crippen molar-refractivity contribution in [2.45, 2.75) is 13.0 Å². The van der Waals surface area contributed by atoms with Crippen LogP contribution in [0.4, 0.5) is 5.69 Å². The number of aromatic nitrogens is 1. The van der Waals surface area contributed by atoms with Gasteiger partial charge in [-0.25, -0.2) is 4.98 Å². The van der Waals surface area contributed by atoms with Crippen molar-refractivity contribution < 1.29 is 4.79 Å². The lowest BCUT2D eigenvalue weighted by Crippen LogP contribution is -2.24. The highest BCUT2D eigenvalue weighted by Crippen LogP contribution is 2.22. The number of benzene rings is 2. The number of para-hydroxylation sites is 2. The maximum Gasteiger partial charge on any atom is 0.225 e. The first-order chi connectivity index (χ1) is 12.2. The summed E-state index contributed by atoms with van der Waals surface area (Å²) in [5.41, 5.74) is 2.05. The first kappa shape index (κ1) is 17.1. The first-order valence-corrected chi connectivity index (χ1v) is 8.79. The molecule has 126 valence electrons. The third-order valence-corrected chi connectivity index (χ3v) is 4.81. The fourth-order valence-electron chi connectivity index (χ4n) is 2.49. The molecule has 3 aromatic rings. The monoisotopic (exact) mass is 350 g/mol. The van der Waals surface area contributed by atoms with Crippen LogP contribution in [0.2, 0.25) is 0 Å². The Kier molecular flexibility index (Phi) is 5.39.